The van der Waals surface area contributed by atoms with Crippen molar-refractivity contribution >= 4 is 0 Å². The lowest BCUT2D eigenvalue weighted by molar-refractivity contribution is 0.259. The predicted octanol–water partition coefficient (Wildman–Crippen LogP) is 1.80. The molecule has 2 heteroatoms. The molecule has 0 atom stereocenters. The van der Waals surface area contributed by atoms with Crippen LogP contribution in [0.15, 0.2) is 12.1 Å². The zero-order valence-corrected chi connectivity index (χ0v) is 8.88. The average molecular weight is 194 g/mol. The molecule has 0 heterocycles. The zero-order chi connectivity index (χ0) is 10.6. The highest BCUT2D eigenvalue weighted by atomic mass is 16.3. The van der Waals surface area contributed by atoms with E-state index >= 15 is 0 Å². The topological polar surface area (TPSA) is 40.5 Å². The van der Waals surface area contributed by atoms with Gasteiger partial charge in [-0.25, -0.2) is 0 Å². The number of hydrogen-bond acceptors (Lipinski definition) is 2. The lowest BCUT2D eigenvalue weighted by atomic mass is 9.93. The van der Waals surface area contributed by atoms with Crippen molar-refractivity contribution in [2.75, 3.05) is 0 Å². The van der Waals surface area contributed by atoms with Crippen molar-refractivity contribution in [3.63, 3.8) is 0 Å². The van der Waals surface area contributed by atoms with Gasteiger partial charge in [0.1, 0.15) is 0 Å². The number of aliphatic hydroxyl groups is 2. The third-order valence-electron chi connectivity index (χ3n) is 2.69. The van der Waals surface area contributed by atoms with E-state index in [1.807, 2.05) is 12.1 Å². The van der Waals surface area contributed by atoms with Crippen molar-refractivity contribution in [3.05, 3.63) is 34.4 Å². The fourth-order valence-electron chi connectivity index (χ4n) is 1.91. The molecule has 0 amide bonds. The molecule has 0 saturated heterocycles. The van der Waals surface area contributed by atoms with Crippen LogP contribution in [-0.4, -0.2) is 10.2 Å². The van der Waals surface area contributed by atoms with Gasteiger partial charge in [-0.05, 0) is 35.1 Å². The molecule has 0 spiro atoms. The summed E-state index contributed by atoms with van der Waals surface area (Å²) in [4.78, 5) is 0. The van der Waals surface area contributed by atoms with Crippen molar-refractivity contribution in [3.8, 4) is 0 Å². The zero-order valence-electron chi connectivity index (χ0n) is 8.88. The Kier molecular flexibility index (Phi) is 4.11. The smallest absolute Gasteiger partial charge is 0.0688 e. The Balaban J connectivity index is 3.28. The van der Waals surface area contributed by atoms with Gasteiger partial charge in [-0.3, -0.25) is 0 Å². The molecule has 0 aromatic heterocycles. The van der Waals surface area contributed by atoms with Crippen molar-refractivity contribution in [2.45, 2.75) is 39.9 Å². The molecule has 0 aliphatic carbocycles. The average Bonchev–Trinajstić information content (AvgIpc) is 2.26. The lowest BCUT2D eigenvalue weighted by Gasteiger charge is -2.14. The molecular formula is C12H18O2. The van der Waals surface area contributed by atoms with Gasteiger partial charge >= 0.3 is 0 Å². The fraction of sp³-hybridized carbons (Fsp3) is 0.500. The van der Waals surface area contributed by atoms with Crippen LogP contribution >= 0.6 is 0 Å². The van der Waals surface area contributed by atoms with E-state index in [2.05, 4.69) is 13.8 Å². The Morgan fingerprint density at radius 1 is 0.857 bits per heavy atom. The molecule has 1 aromatic rings. The second kappa shape index (κ2) is 5.13. The minimum atomic E-state index is 0.00683. The van der Waals surface area contributed by atoms with Gasteiger partial charge < -0.3 is 10.2 Å². The summed E-state index contributed by atoms with van der Waals surface area (Å²) in [6.45, 7) is 4.21. The van der Waals surface area contributed by atoms with E-state index in [0.29, 0.717) is 0 Å². The van der Waals surface area contributed by atoms with Gasteiger partial charge in [-0.2, -0.15) is 0 Å². The van der Waals surface area contributed by atoms with Gasteiger partial charge in [0.05, 0.1) is 13.2 Å². The lowest BCUT2D eigenvalue weighted by Crippen LogP contribution is -2.03. The molecule has 0 bridgehead atoms. The van der Waals surface area contributed by atoms with Gasteiger partial charge in [0.25, 0.3) is 0 Å². The number of benzene rings is 1. The quantitative estimate of drug-likeness (QED) is 0.767. The molecule has 0 saturated carbocycles. The molecule has 2 N–H and O–H groups in total. The highest BCUT2D eigenvalue weighted by Gasteiger charge is 2.09. The summed E-state index contributed by atoms with van der Waals surface area (Å²) in [6, 6.07) is 3.95. The first kappa shape index (κ1) is 11.2. The van der Waals surface area contributed by atoms with Gasteiger partial charge in [0, 0.05) is 0 Å². The van der Waals surface area contributed by atoms with Crippen LogP contribution in [0.3, 0.4) is 0 Å². The van der Waals surface area contributed by atoms with E-state index in [1.54, 1.807) is 0 Å². The van der Waals surface area contributed by atoms with E-state index in [4.69, 9.17) is 5.11 Å². The number of hydrogen-bond donors (Lipinski definition) is 2. The summed E-state index contributed by atoms with van der Waals surface area (Å²) in [5.41, 5.74) is 4.23. The highest BCUT2D eigenvalue weighted by molar-refractivity contribution is 5.40. The van der Waals surface area contributed by atoms with Gasteiger partial charge in [-0.15, -0.1) is 0 Å². The summed E-state index contributed by atoms with van der Waals surface area (Å²) in [5, 5.41) is 18.4. The van der Waals surface area contributed by atoms with E-state index in [0.717, 1.165) is 24.0 Å². The summed E-state index contributed by atoms with van der Waals surface area (Å²) in [7, 11) is 0. The molecule has 0 aliphatic heterocycles. The molecular weight excluding hydrogens is 176 g/mol. The fourth-order valence-corrected chi connectivity index (χ4v) is 1.91. The van der Waals surface area contributed by atoms with Crippen LogP contribution in [-0.2, 0) is 26.1 Å². The highest BCUT2D eigenvalue weighted by Crippen LogP contribution is 2.21. The molecule has 0 radical (unpaired) electrons. The minimum absolute atomic E-state index is 0.00683. The molecule has 0 aliphatic rings. The van der Waals surface area contributed by atoms with Crippen molar-refractivity contribution in [1.82, 2.24) is 0 Å². The number of aryl methyl sites for hydroxylation is 1. The van der Waals surface area contributed by atoms with Crippen molar-refractivity contribution in [1.29, 1.82) is 0 Å². The second-order valence-corrected chi connectivity index (χ2v) is 3.36. The third kappa shape index (κ3) is 1.97. The van der Waals surface area contributed by atoms with Gasteiger partial charge in [-0.1, -0.05) is 26.0 Å². The first-order valence-corrected chi connectivity index (χ1v) is 5.12. The third-order valence-corrected chi connectivity index (χ3v) is 2.69. The molecule has 78 valence electrons. The first-order chi connectivity index (χ1) is 6.78. The van der Waals surface area contributed by atoms with E-state index in [-0.39, 0.29) is 13.2 Å². The SMILES string of the molecule is CCc1ccc(CO)c(CO)c1CC. The first-order valence-electron chi connectivity index (χ1n) is 5.12. The van der Waals surface area contributed by atoms with Crippen LogP contribution in [0.4, 0.5) is 0 Å². The Morgan fingerprint density at radius 3 is 1.93 bits per heavy atom. The van der Waals surface area contributed by atoms with Crippen LogP contribution < -0.4 is 0 Å². The van der Waals surface area contributed by atoms with Crippen LogP contribution in [0.5, 0.6) is 0 Å². The maximum absolute atomic E-state index is 9.27. The minimum Gasteiger partial charge on any atom is -0.392 e. The van der Waals surface area contributed by atoms with Crippen LogP contribution in [0, 0.1) is 0 Å². The second-order valence-electron chi connectivity index (χ2n) is 3.36. The number of rotatable bonds is 4. The Morgan fingerprint density at radius 2 is 1.50 bits per heavy atom. The molecule has 14 heavy (non-hydrogen) atoms. The van der Waals surface area contributed by atoms with E-state index < -0.39 is 0 Å². The predicted molar refractivity (Wildman–Crippen MR) is 57.0 cm³/mol. The van der Waals surface area contributed by atoms with Crippen LogP contribution in [0.25, 0.3) is 0 Å². The van der Waals surface area contributed by atoms with E-state index in [9.17, 15) is 5.11 Å². The number of aliphatic hydroxyl groups excluding tert-OH is 2. The summed E-state index contributed by atoms with van der Waals surface area (Å²) in [5.74, 6) is 0. The normalized spacial score (nSPS) is 10.6. The maximum Gasteiger partial charge on any atom is 0.0688 e. The van der Waals surface area contributed by atoms with Crippen LogP contribution in [0.2, 0.25) is 0 Å². The van der Waals surface area contributed by atoms with Gasteiger partial charge in [0.15, 0.2) is 0 Å². The van der Waals surface area contributed by atoms with Gasteiger partial charge in [0.2, 0.25) is 0 Å². The summed E-state index contributed by atoms with van der Waals surface area (Å²) < 4.78 is 0. The summed E-state index contributed by atoms with van der Waals surface area (Å²) >= 11 is 0. The van der Waals surface area contributed by atoms with E-state index in [1.165, 1.54) is 11.1 Å². The van der Waals surface area contributed by atoms with Crippen molar-refractivity contribution < 1.29 is 10.2 Å². The maximum atomic E-state index is 9.27. The standard InChI is InChI=1S/C12H18O2/c1-3-9-5-6-10(7-13)12(8-14)11(9)4-2/h5-6,13-14H,3-4,7-8H2,1-2H3. The Hall–Kier alpha value is -0.860. The molecule has 0 unspecified atom stereocenters. The largest absolute Gasteiger partial charge is 0.392 e. The Labute approximate surface area is 85.2 Å². The molecule has 0 fully saturated rings. The molecule has 1 rings (SSSR count). The Bertz CT molecular complexity index is 274. The molecule has 2 nitrogen and oxygen atoms in total. The summed E-state index contributed by atoms with van der Waals surface area (Å²) in [6.07, 6.45) is 1.88. The van der Waals surface area contributed by atoms with Crippen LogP contribution in [0.1, 0.15) is 36.1 Å². The monoisotopic (exact) mass is 194 g/mol. The van der Waals surface area contributed by atoms with Crippen molar-refractivity contribution in [2.24, 2.45) is 0 Å². The molecule has 1 aromatic carbocycles.